The van der Waals surface area contributed by atoms with Crippen LogP contribution in [0.4, 0.5) is 0 Å². The summed E-state index contributed by atoms with van der Waals surface area (Å²) < 4.78 is 5.17. The van der Waals surface area contributed by atoms with Crippen molar-refractivity contribution in [1.82, 2.24) is 0 Å². The lowest BCUT2D eigenvalue weighted by molar-refractivity contribution is -0.118. The van der Waals surface area contributed by atoms with Gasteiger partial charge in [-0.15, -0.1) is 6.58 Å². The average Bonchev–Trinajstić information content (AvgIpc) is 1.97. The van der Waals surface area contributed by atoms with Gasteiger partial charge in [-0.3, -0.25) is 0 Å². The van der Waals surface area contributed by atoms with Crippen molar-refractivity contribution >= 4 is 6.29 Å². The Hall–Kier alpha value is -0.630. The molecule has 0 aromatic rings. The molecule has 0 amide bonds. The Morgan fingerprint density at radius 3 is 2.55 bits per heavy atom. The molecule has 64 valence electrons. The Morgan fingerprint density at radius 1 is 1.55 bits per heavy atom. The molecule has 0 heterocycles. The summed E-state index contributed by atoms with van der Waals surface area (Å²) in [5, 5.41) is 0. The standard InChI is InChI=1S/C9H16O2/c1-4-5-11-9(7-10)6-8(2)3/h4,7-9H,1,5-6H2,2-3H3/t9-/m0/s1. The molecule has 0 aliphatic carbocycles. The third kappa shape index (κ3) is 5.80. The Bertz CT molecular complexity index is 119. The van der Waals surface area contributed by atoms with E-state index in [1.807, 2.05) is 0 Å². The summed E-state index contributed by atoms with van der Waals surface area (Å²) >= 11 is 0. The Morgan fingerprint density at radius 2 is 2.18 bits per heavy atom. The van der Waals surface area contributed by atoms with Gasteiger partial charge in [0.2, 0.25) is 0 Å². The van der Waals surface area contributed by atoms with Crippen LogP contribution in [0.2, 0.25) is 0 Å². The molecule has 2 nitrogen and oxygen atoms in total. The molecule has 0 aliphatic rings. The zero-order chi connectivity index (χ0) is 8.69. The molecule has 0 aromatic carbocycles. The highest BCUT2D eigenvalue weighted by Gasteiger charge is 2.08. The fraction of sp³-hybridized carbons (Fsp3) is 0.667. The third-order valence-electron chi connectivity index (χ3n) is 1.28. The van der Waals surface area contributed by atoms with Gasteiger partial charge < -0.3 is 9.53 Å². The van der Waals surface area contributed by atoms with Crippen LogP contribution < -0.4 is 0 Å². The molecule has 1 atom stereocenters. The van der Waals surface area contributed by atoms with E-state index in [0.29, 0.717) is 12.5 Å². The van der Waals surface area contributed by atoms with E-state index in [0.717, 1.165) is 12.7 Å². The first kappa shape index (κ1) is 10.4. The number of aldehydes is 1. The highest BCUT2D eigenvalue weighted by atomic mass is 16.5. The molecule has 11 heavy (non-hydrogen) atoms. The molecule has 0 saturated carbocycles. The van der Waals surface area contributed by atoms with E-state index >= 15 is 0 Å². The van der Waals surface area contributed by atoms with Crippen molar-refractivity contribution in [2.24, 2.45) is 5.92 Å². The van der Waals surface area contributed by atoms with Crippen molar-refractivity contribution in [3.05, 3.63) is 12.7 Å². The Kier molecular flexibility index (Phi) is 5.75. The maximum absolute atomic E-state index is 10.4. The summed E-state index contributed by atoms with van der Waals surface area (Å²) in [5.41, 5.74) is 0. The summed E-state index contributed by atoms with van der Waals surface area (Å²) in [4.78, 5) is 10.4. The van der Waals surface area contributed by atoms with Crippen LogP contribution >= 0.6 is 0 Å². The second-order valence-corrected chi connectivity index (χ2v) is 2.93. The van der Waals surface area contributed by atoms with Gasteiger partial charge in [0.05, 0.1) is 6.61 Å². The van der Waals surface area contributed by atoms with Gasteiger partial charge in [-0.25, -0.2) is 0 Å². The molecule has 0 aromatic heterocycles. The second kappa shape index (κ2) is 6.10. The number of hydrogen-bond donors (Lipinski definition) is 0. The summed E-state index contributed by atoms with van der Waals surface area (Å²) in [7, 11) is 0. The molecule has 2 heteroatoms. The highest BCUT2D eigenvalue weighted by molar-refractivity contribution is 5.55. The van der Waals surface area contributed by atoms with Crippen LogP contribution in [0.15, 0.2) is 12.7 Å². The van der Waals surface area contributed by atoms with Gasteiger partial charge in [0, 0.05) is 0 Å². The molecule has 0 spiro atoms. The van der Waals surface area contributed by atoms with Gasteiger partial charge >= 0.3 is 0 Å². The summed E-state index contributed by atoms with van der Waals surface area (Å²) in [5.74, 6) is 0.495. The summed E-state index contributed by atoms with van der Waals surface area (Å²) in [6, 6.07) is 0. The number of hydrogen-bond acceptors (Lipinski definition) is 2. The Labute approximate surface area is 68.2 Å². The SMILES string of the molecule is C=CCO[C@H](C=O)CC(C)C. The first-order valence-corrected chi connectivity index (χ1v) is 3.88. The van der Waals surface area contributed by atoms with E-state index in [2.05, 4.69) is 20.4 Å². The van der Waals surface area contributed by atoms with Crippen LogP contribution in [0.5, 0.6) is 0 Å². The zero-order valence-electron chi connectivity index (χ0n) is 7.25. The summed E-state index contributed by atoms with van der Waals surface area (Å²) in [6.45, 7) is 8.09. The van der Waals surface area contributed by atoms with Crippen molar-refractivity contribution in [2.45, 2.75) is 26.4 Å². The van der Waals surface area contributed by atoms with Crippen molar-refractivity contribution < 1.29 is 9.53 Å². The van der Waals surface area contributed by atoms with Crippen LogP contribution in [0, 0.1) is 5.92 Å². The molecule has 0 rings (SSSR count). The van der Waals surface area contributed by atoms with Crippen LogP contribution in [0.1, 0.15) is 20.3 Å². The monoisotopic (exact) mass is 156 g/mol. The van der Waals surface area contributed by atoms with Crippen molar-refractivity contribution in [3.63, 3.8) is 0 Å². The molecule has 0 unspecified atom stereocenters. The maximum Gasteiger partial charge on any atom is 0.148 e. The largest absolute Gasteiger partial charge is 0.367 e. The molecule has 0 radical (unpaired) electrons. The van der Waals surface area contributed by atoms with Gasteiger partial charge in [0.1, 0.15) is 12.4 Å². The van der Waals surface area contributed by atoms with Crippen LogP contribution in [0.3, 0.4) is 0 Å². The van der Waals surface area contributed by atoms with Crippen molar-refractivity contribution in [2.75, 3.05) is 6.61 Å². The smallest absolute Gasteiger partial charge is 0.148 e. The molecule has 0 fully saturated rings. The normalized spacial score (nSPS) is 13.0. The molecule has 0 N–H and O–H groups in total. The fourth-order valence-corrected chi connectivity index (χ4v) is 0.819. The van der Waals surface area contributed by atoms with Crippen molar-refractivity contribution in [1.29, 1.82) is 0 Å². The van der Waals surface area contributed by atoms with Gasteiger partial charge in [0.25, 0.3) is 0 Å². The number of ether oxygens (including phenoxy) is 1. The Balaban J connectivity index is 3.57. The van der Waals surface area contributed by atoms with E-state index in [-0.39, 0.29) is 6.10 Å². The summed E-state index contributed by atoms with van der Waals surface area (Å²) in [6.07, 6.45) is 3.03. The predicted octanol–water partition coefficient (Wildman–Crippen LogP) is 1.80. The quantitative estimate of drug-likeness (QED) is 0.433. The van der Waals surface area contributed by atoms with E-state index in [4.69, 9.17) is 4.74 Å². The van der Waals surface area contributed by atoms with E-state index in [9.17, 15) is 4.79 Å². The highest BCUT2D eigenvalue weighted by Crippen LogP contribution is 2.05. The lowest BCUT2D eigenvalue weighted by atomic mass is 10.1. The lowest BCUT2D eigenvalue weighted by Crippen LogP contribution is -2.16. The minimum absolute atomic E-state index is 0.256. The second-order valence-electron chi connectivity index (χ2n) is 2.93. The topological polar surface area (TPSA) is 26.3 Å². The fourth-order valence-electron chi connectivity index (χ4n) is 0.819. The van der Waals surface area contributed by atoms with Gasteiger partial charge in [-0.1, -0.05) is 19.9 Å². The first-order valence-electron chi connectivity index (χ1n) is 3.88. The predicted molar refractivity (Wildman–Crippen MR) is 45.5 cm³/mol. The minimum Gasteiger partial charge on any atom is -0.367 e. The lowest BCUT2D eigenvalue weighted by Gasteiger charge is -2.11. The van der Waals surface area contributed by atoms with Gasteiger partial charge in [-0.2, -0.15) is 0 Å². The minimum atomic E-state index is -0.256. The number of carbonyl (C=O) groups excluding carboxylic acids is 1. The first-order chi connectivity index (χ1) is 5.20. The van der Waals surface area contributed by atoms with Crippen LogP contribution in [0.25, 0.3) is 0 Å². The average molecular weight is 156 g/mol. The van der Waals surface area contributed by atoms with Crippen LogP contribution in [-0.4, -0.2) is 19.0 Å². The van der Waals surface area contributed by atoms with Gasteiger partial charge in [0.15, 0.2) is 0 Å². The van der Waals surface area contributed by atoms with Crippen molar-refractivity contribution in [3.8, 4) is 0 Å². The molecule has 0 saturated heterocycles. The van der Waals surface area contributed by atoms with E-state index < -0.39 is 0 Å². The number of carbonyl (C=O) groups is 1. The molecule has 0 aliphatic heterocycles. The maximum atomic E-state index is 10.4. The number of rotatable bonds is 6. The molecular formula is C9H16O2. The molecular weight excluding hydrogens is 140 g/mol. The van der Waals surface area contributed by atoms with Crippen LogP contribution in [-0.2, 0) is 9.53 Å². The zero-order valence-corrected chi connectivity index (χ0v) is 7.25. The van der Waals surface area contributed by atoms with Gasteiger partial charge in [-0.05, 0) is 12.3 Å². The van der Waals surface area contributed by atoms with E-state index in [1.165, 1.54) is 0 Å². The van der Waals surface area contributed by atoms with E-state index in [1.54, 1.807) is 6.08 Å². The molecule has 0 bridgehead atoms. The third-order valence-corrected chi connectivity index (χ3v) is 1.28.